The van der Waals surface area contributed by atoms with Gasteiger partial charge in [-0.1, -0.05) is 62.3 Å². The standard InChI is InChI=1S/C20H35N/c1-15(2)20(8,9)17(16-10-12-21-13-11-16)14-19(6,7)18(3,4)5/h10-13,15,17H,14H2,1-9H3. The van der Waals surface area contributed by atoms with Gasteiger partial charge in [-0.3, -0.25) is 4.98 Å². The summed E-state index contributed by atoms with van der Waals surface area (Å²) in [5.74, 6) is 1.20. The first-order valence-electron chi connectivity index (χ1n) is 8.29. The third-order valence-corrected chi connectivity index (χ3v) is 6.24. The first-order chi connectivity index (χ1) is 9.39. The Morgan fingerprint density at radius 3 is 1.76 bits per heavy atom. The second-order valence-electron chi connectivity index (χ2n) is 9.15. The molecule has 1 aromatic rings. The molecule has 1 atom stereocenters. The Morgan fingerprint density at radius 2 is 1.38 bits per heavy atom. The van der Waals surface area contributed by atoms with Gasteiger partial charge in [0.15, 0.2) is 0 Å². The summed E-state index contributed by atoms with van der Waals surface area (Å²) in [7, 11) is 0. The van der Waals surface area contributed by atoms with Gasteiger partial charge in [-0.15, -0.1) is 0 Å². The largest absolute Gasteiger partial charge is 0.265 e. The second kappa shape index (κ2) is 6.10. The average Bonchev–Trinajstić information content (AvgIpc) is 2.35. The van der Waals surface area contributed by atoms with Crippen LogP contribution in [0.2, 0.25) is 0 Å². The van der Waals surface area contributed by atoms with Crippen molar-refractivity contribution >= 4 is 0 Å². The lowest BCUT2D eigenvalue weighted by molar-refractivity contribution is 0.0677. The summed E-state index contributed by atoms with van der Waals surface area (Å²) in [5.41, 5.74) is 2.28. The molecule has 0 aliphatic rings. The second-order valence-corrected chi connectivity index (χ2v) is 9.15. The topological polar surface area (TPSA) is 12.9 Å². The van der Waals surface area contributed by atoms with E-state index in [-0.39, 0.29) is 10.8 Å². The summed E-state index contributed by atoms with van der Waals surface area (Å²) in [5, 5.41) is 0. The van der Waals surface area contributed by atoms with E-state index in [0.29, 0.717) is 17.3 Å². The molecule has 0 N–H and O–H groups in total. The minimum absolute atomic E-state index is 0.268. The Bertz CT molecular complexity index is 435. The van der Waals surface area contributed by atoms with E-state index in [2.05, 4.69) is 79.4 Å². The quantitative estimate of drug-likeness (QED) is 0.619. The summed E-state index contributed by atoms with van der Waals surface area (Å²) in [6.45, 7) is 21.4. The van der Waals surface area contributed by atoms with E-state index in [1.54, 1.807) is 0 Å². The van der Waals surface area contributed by atoms with E-state index < -0.39 is 0 Å². The molecular formula is C20H35N. The van der Waals surface area contributed by atoms with E-state index in [1.807, 2.05) is 12.4 Å². The molecule has 1 heteroatoms. The first-order valence-corrected chi connectivity index (χ1v) is 8.29. The van der Waals surface area contributed by atoms with Crippen LogP contribution < -0.4 is 0 Å². The van der Waals surface area contributed by atoms with E-state index in [4.69, 9.17) is 0 Å². The van der Waals surface area contributed by atoms with Crippen LogP contribution in [0.25, 0.3) is 0 Å². The molecular weight excluding hydrogens is 254 g/mol. The third-order valence-electron chi connectivity index (χ3n) is 6.24. The van der Waals surface area contributed by atoms with Crippen LogP contribution >= 0.6 is 0 Å². The van der Waals surface area contributed by atoms with Crippen LogP contribution in [0.15, 0.2) is 24.5 Å². The number of rotatable bonds is 5. The molecule has 0 radical (unpaired) electrons. The number of hydrogen-bond acceptors (Lipinski definition) is 1. The zero-order valence-corrected chi connectivity index (χ0v) is 15.6. The number of aromatic nitrogens is 1. The maximum Gasteiger partial charge on any atom is 0.0270 e. The summed E-state index contributed by atoms with van der Waals surface area (Å²) < 4.78 is 0. The average molecular weight is 290 g/mol. The van der Waals surface area contributed by atoms with Gasteiger partial charge in [0.1, 0.15) is 0 Å². The summed E-state index contributed by atoms with van der Waals surface area (Å²) >= 11 is 0. The zero-order chi connectivity index (χ0) is 16.5. The van der Waals surface area contributed by atoms with Gasteiger partial charge in [-0.2, -0.15) is 0 Å². The predicted octanol–water partition coefficient (Wildman–Crippen LogP) is 6.31. The first kappa shape index (κ1) is 18.2. The van der Waals surface area contributed by atoms with Crippen LogP contribution in [0.3, 0.4) is 0 Å². The van der Waals surface area contributed by atoms with Crippen molar-refractivity contribution in [2.24, 2.45) is 22.2 Å². The molecule has 0 aliphatic heterocycles. The fraction of sp³-hybridized carbons (Fsp3) is 0.750. The fourth-order valence-electron chi connectivity index (χ4n) is 2.63. The normalized spacial score (nSPS) is 15.3. The Hall–Kier alpha value is -0.850. The van der Waals surface area contributed by atoms with Gasteiger partial charge < -0.3 is 0 Å². The van der Waals surface area contributed by atoms with Crippen LogP contribution in [0.4, 0.5) is 0 Å². The van der Waals surface area contributed by atoms with Crippen LogP contribution in [-0.2, 0) is 0 Å². The highest BCUT2D eigenvalue weighted by atomic mass is 14.6. The molecule has 0 fully saturated rings. The minimum atomic E-state index is 0.268. The van der Waals surface area contributed by atoms with Crippen LogP contribution in [0, 0.1) is 22.2 Å². The molecule has 0 aromatic carbocycles. The molecule has 1 heterocycles. The van der Waals surface area contributed by atoms with E-state index in [1.165, 1.54) is 12.0 Å². The highest BCUT2D eigenvalue weighted by Crippen LogP contribution is 2.52. The minimum Gasteiger partial charge on any atom is -0.265 e. The molecule has 1 rings (SSSR count). The van der Waals surface area contributed by atoms with Crippen molar-refractivity contribution in [1.29, 1.82) is 0 Å². The molecule has 0 saturated heterocycles. The van der Waals surface area contributed by atoms with Crippen molar-refractivity contribution in [1.82, 2.24) is 4.98 Å². The van der Waals surface area contributed by atoms with Crippen LogP contribution in [0.5, 0.6) is 0 Å². The smallest absolute Gasteiger partial charge is 0.0270 e. The molecule has 1 unspecified atom stereocenters. The van der Waals surface area contributed by atoms with Crippen LogP contribution in [0.1, 0.15) is 80.2 Å². The number of nitrogens with zero attached hydrogens (tertiary/aromatic N) is 1. The highest BCUT2D eigenvalue weighted by Gasteiger charge is 2.41. The van der Waals surface area contributed by atoms with Gasteiger partial charge in [-0.25, -0.2) is 0 Å². The monoisotopic (exact) mass is 289 g/mol. The van der Waals surface area contributed by atoms with Crippen molar-refractivity contribution in [2.45, 2.75) is 74.7 Å². The highest BCUT2D eigenvalue weighted by molar-refractivity contribution is 5.20. The summed E-state index contributed by atoms with van der Waals surface area (Å²) in [6, 6.07) is 4.40. The zero-order valence-electron chi connectivity index (χ0n) is 15.6. The molecule has 0 aliphatic carbocycles. The fourth-order valence-corrected chi connectivity index (χ4v) is 2.63. The van der Waals surface area contributed by atoms with Crippen molar-refractivity contribution in [3.63, 3.8) is 0 Å². The molecule has 1 nitrogen and oxygen atoms in total. The maximum absolute atomic E-state index is 4.20. The molecule has 120 valence electrons. The number of hydrogen-bond donors (Lipinski definition) is 0. The lowest BCUT2D eigenvalue weighted by Gasteiger charge is -2.47. The molecule has 0 bridgehead atoms. The summed E-state index contributed by atoms with van der Waals surface area (Å²) in [4.78, 5) is 4.20. The lowest BCUT2D eigenvalue weighted by Crippen LogP contribution is -2.37. The molecule has 0 amide bonds. The van der Waals surface area contributed by atoms with E-state index in [0.717, 1.165) is 0 Å². The van der Waals surface area contributed by atoms with Gasteiger partial charge in [0.2, 0.25) is 0 Å². The summed E-state index contributed by atoms with van der Waals surface area (Å²) in [6.07, 6.45) is 5.07. The molecule has 0 spiro atoms. The SMILES string of the molecule is CC(C)C(C)(C)C(CC(C)(C)C(C)(C)C)c1ccncc1. The van der Waals surface area contributed by atoms with Crippen molar-refractivity contribution in [3.8, 4) is 0 Å². The van der Waals surface area contributed by atoms with Gasteiger partial charge in [-0.05, 0) is 52.2 Å². The van der Waals surface area contributed by atoms with E-state index >= 15 is 0 Å². The van der Waals surface area contributed by atoms with Gasteiger partial charge in [0, 0.05) is 12.4 Å². The number of pyridine rings is 1. The van der Waals surface area contributed by atoms with Crippen molar-refractivity contribution in [2.75, 3.05) is 0 Å². The third kappa shape index (κ3) is 4.08. The lowest BCUT2D eigenvalue weighted by atomic mass is 9.58. The molecule has 0 saturated carbocycles. The van der Waals surface area contributed by atoms with Gasteiger partial charge >= 0.3 is 0 Å². The van der Waals surface area contributed by atoms with Gasteiger partial charge in [0.05, 0.1) is 0 Å². The predicted molar refractivity (Wildman–Crippen MR) is 93.5 cm³/mol. The van der Waals surface area contributed by atoms with Crippen LogP contribution in [-0.4, -0.2) is 4.98 Å². The van der Waals surface area contributed by atoms with Crippen molar-refractivity contribution in [3.05, 3.63) is 30.1 Å². The Balaban J connectivity index is 3.23. The van der Waals surface area contributed by atoms with Crippen molar-refractivity contribution < 1.29 is 0 Å². The Kier molecular flexibility index (Phi) is 5.29. The van der Waals surface area contributed by atoms with E-state index in [9.17, 15) is 0 Å². The Labute approximate surface area is 132 Å². The molecule has 21 heavy (non-hydrogen) atoms. The van der Waals surface area contributed by atoms with Gasteiger partial charge in [0.25, 0.3) is 0 Å². The maximum atomic E-state index is 4.20. The molecule has 1 aromatic heterocycles. The Morgan fingerprint density at radius 1 is 0.905 bits per heavy atom.